The summed E-state index contributed by atoms with van der Waals surface area (Å²) in [5.74, 6) is 0.986. The van der Waals surface area contributed by atoms with Gasteiger partial charge in [0.2, 0.25) is 0 Å². The van der Waals surface area contributed by atoms with Gasteiger partial charge in [-0.3, -0.25) is 4.79 Å². The molecule has 0 saturated heterocycles. The molecule has 1 aromatic carbocycles. The van der Waals surface area contributed by atoms with Crippen LogP contribution < -0.4 is 5.73 Å². The summed E-state index contributed by atoms with van der Waals surface area (Å²) < 4.78 is 0. The predicted octanol–water partition coefficient (Wildman–Crippen LogP) is 3.59. The number of nitrogens with two attached hydrogens (primary N) is 1. The standard InChI is InChI=1S/C17H25NO/c1-3-14-4-6-15(7-5-14)16(19)17(12-18)10-8-13(2)9-11-17/h4-7,13H,3,8-12,18H2,1-2H3. The van der Waals surface area contributed by atoms with Gasteiger partial charge in [-0.05, 0) is 43.6 Å². The first-order valence-corrected chi connectivity index (χ1v) is 7.45. The van der Waals surface area contributed by atoms with E-state index in [0.29, 0.717) is 6.54 Å². The van der Waals surface area contributed by atoms with E-state index in [1.165, 1.54) is 5.56 Å². The molecule has 0 aromatic heterocycles. The second kappa shape index (κ2) is 5.87. The molecule has 0 spiro atoms. The number of aryl methyl sites for hydroxylation is 1. The number of ketones is 1. The Balaban J connectivity index is 2.20. The highest BCUT2D eigenvalue weighted by Gasteiger charge is 2.39. The molecule has 0 radical (unpaired) electrons. The Morgan fingerprint density at radius 2 is 1.84 bits per heavy atom. The molecule has 2 heteroatoms. The Kier molecular flexibility index (Phi) is 4.41. The van der Waals surface area contributed by atoms with Crippen molar-refractivity contribution in [1.29, 1.82) is 0 Å². The lowest BCUT2D eigenvalue weighted by atomic mass is 9.67. The van der Waals surface area contributed by atoms with Gasteiger partial charge < -0.3 is 5.73 Å². The van der Waals surface area contributed by atoms with Gasteiger partial charge in [-0.1, -0.05) is 38.1 Å². The molecule has 0 bridgehead atoms. The molecule has 1 saturated carbocycles. The molecule has 2 rings (SSSR count). The Morgan fingerprint density at radius 1 is 1.26 bits per heavy atom. The lowest BCUT2D eigenvalue weighted by Crippen LogP contribution is -2.41. The van der Waals surface area contributed by atoms with Crippen molar-refractivity contribution in [2.24, 2.45) is 17.1 Å². The normalized spacial score (nSPS) is 27.2. The highest BCUT2D eigenvalue weighted by molar-refractivity contribution is 6.00. The van der Waals surface area contributed by atoms with Gasteiger partial charge in [0, 0.05) is 17.5 Å². The van der Waals surface area contributed by atoms with Crippen molar-refractivity contribution in [3.05, 3.63) is 35.4 Å². The first kappa shape index (κ1) is 14.3. The van der Waals surface area contributed by atoms with Gasteiger partial charge in [0.15, 0.2) is 5.78 Å². The minimum absolute atomic E-state index is 0.254. The second-order valence-electron chi connectivity index (χ2n) is 6.05. The fourth-order valence-corrected chi connectivity index (χ4v) is 3.04. The van der Waals surface area contributed by atoms with Crippen molar-refractivity contribution < 1.29 is 4.79 Å². The SMILES string of the molecule is CCc1ccc(C(=O)C2(CN)CCC(C)CC2)cc1. The Hall–Kier alpha value is -1.15. The third kappa shape index (κ3) is 2.89. The van der Waals surface area contributed by atoms with Crippen LogP contribution in [-0.2, 0) is 6.42 Å². The molecule has 2 nitrogen and oxygen atoms in total. The molecule has 1 fully saturated rings. The van der Waals surface area contributed by atoms with Crippen LogP contribution in [0.1, 0.15) is 55.5 Å². The third-order valence-electron chi connectivity index (χ3n) is 4.73. The summed E-state index contributed by atoms with van der Waals surface area (Å²) in [6.07, 6.45) is 5.14. The predicted molar refractivity (Wildman–Crippen MR) is 79.3 cm³/mol. The first-order valence-electron chi connectivity index (χ1n) is 7.45. The Bertz CT molecular complexity index is 427. The lowest BCUT2D eigenvalue weighted by molar-refractivity contribution is 0.0695. The average molecular weight is 259 g/mol. The molecule has 0 heterocycles. The maximum absolute atomic E-state index is 12.8. The van der Waals surface area contributed by atoms with Gasteiger partial charge >= 0.3 is 0 Å². The molecule has 104 valence electrons. The maximum Gasteiger partial charge on any atom is 0.170 e. The Labute approximate surface area is 116 Å². The molecule has 1 aromatic rings. The number of Topliss-reactive ketones (excluding diaryl/α,β-unsaturated/α-hetero) is 1. The number of benzene rings is 1. The molecule has 0 unspecified atom stereocenters. The highest BCUT2D eigenvalue weighted by atomic mass is 16.1. The van der Waals surface area contributed by atoms with Crippen LogP contribution in [0.15, 0.2) is 24.3 Å². The van der Waals surface area contributed by atoms with Crippen LogP contribution >= 0.6 is 0 Å². The van der Waals surface area contributed by atoms with E-state index in [1.54, 1.807) is 0 Å². The van der Waals surface area contributed by atoms with E-state index >= 15 is 0 Å². The van der Waals surface area contributed by atoms with E-state index in [9.17, 15) is 4.79 Å². The minimum Gasteiger partial charge on any atom is -0.329 e. The van der Waals surface area contributed by atoms with E-state index in [0.717, 1.165) is 43.6 Å². The summed E-state index contributed by atoms with van der Waals surface area (Å²) in [6, 6.07) is 8.05. The topological polar surface area (TPSA) is 43.1 Å². The monoisotopic (exact) mass is 259 g/mol. The van der Waals surface area contributed by atoms with Gasteiger partial charge in [-0.15, -0.1) is 0 Å². The van der Waals surface area contributed by atoms with Gasteiger partial charge in [0.05, 0.1) is 0 Å². The number of hydrogen-bond acceptors (Lipinski definition) is 2. The number of hydrogen-bond donors (Lipinski definition) is 1. The summed E-state index contributed by atoms with van der Waals surface area (Å²) in [5.41, 5.74) is 7.76. The zero-order valence-corrected chi connectivity index (χ0v) is 12.1. The minimum atomic E-state index is -0.305. The van der Waals surface area contributed by atoms with Crippen molar-refractivity contribution in [3.8, 4) is 0 Å². The van der Waals surface area contributed by atoms with Crippen LogP contribution in [0, 0.1) is 11.3 Å². The number of rotatable bonds is 4. The molecule has 0 aliphatic heterocycles. The molecule has 1 aliphatic carbocycles. The van der Waals surface area contributed by atoms with E-state index in [2.05, 4.69) is 26.0 Å². The van der Waals surface area contributed by atoms with E-state index < -0.39 is 0 Å². The fourth-order valence-electron chi connectivity index (χ4n) is 3.04. The summed E-state index contributed by atoms with van der Waals surface area (Å²) in [6.45, 7) is 4.87. The molecular weight excluding hydrogens is 234 g/mol. The average Bonchev–Trinajstić information content (AvgIpc) is 2.48. The zero-order valence-electron chi connectivity index (χ0n) is 12.1. The summed E-state index contributed by atoms with van der Waals surface area (Å²) >= 11 is 0. The molecular formula is C17H25NO. The molecule has 1 aliphatic rings. The van der Waals surface area contributed by atoms with Gasteiger partial charge in [0.1, 0.15) is 0 Å². The quantitative estimate of drug-likeness (QED) is 0.840. The summed E-state index contributed by atoms with van der Waals surface area (Å²) in [5, 5.41) is 0. The summed E-state index contributed by atoms with van der Waals surface area (Å²) in [4.78, 5) is 12.8. The van der Waals surface area contributed by atoms with E-state index in [1.807, 2.05) is 12.1 Å². The third-order valence-corrected chi connectivity index (χ3v) is 4.73. The van der Waals surface area contributed by atoms with Crippen LogP contribution in [-0.4, -0.2) is 12.3 Å². The smallest absolute Gasteiger partial charge is 0.170 e. The van der Waals surface area contributed by atoms with Crippen molar-refractivity contribution >= 4 is 5.78 Å². The Morgan fingerprint density at radius 3 is 2.32 bits per heavy atom. The number of carbonyl (C=O) groups is 1. The van der Waals surface area contributed by atoms with Crippen LogP contribution in [0.2, 0.25) is 0 Å². The van der Waals surface area contributed by atoms with Gasteiger partial charge in [-0.2, -0.15) is 0 Å². The first-order chi connectivity index (χ1) is 9.11. The fraction of sp³-hybridized carbons (Fsp3) is 0.588. The van der Waals surface area contributed by atoms with Crippen molar-refractivity contribution in [3.63, 3.8) is 0 Å². The summed E-state index contributed by atoms with van der Waals surface area (Å²) in [7, 11) is 0. The van der Waals surface area contributed by atoms with Crippen LogP contribution in [0.5, 0.6) is 0 Å². The maximum atomic E-state index is 12.8. The largest absolute Gasteiger partial charge is 0.329 e. The highest BCUT2D eigenvalue weighted by Crippen LogP contribution is 2.40. The molecule has 0 atom stereocenters. The van der Waals surface area contributed by atoms with Crippen molar-refractivity contribution in [2.75, 3.05) is 6.54 Å². The second-order valence-corrected chi connectivity index (χ2v) is 6.05. The molecule has 0 amide bonds. The van der Waals surface area contributed by atoms with Gasteiger partial charge in [-0.25, -0.2) is 0 Å². The molecule has 19 heavy (non-hydrogen) atoms. The molecule has 2 N–H and O–H groups in total. The van der Waals surface area contributed by atoms with Crippen LogP contribution in [0.3, 0.4) is 0 Å². The van der Waals surface area contributed by atoms with E-state index in [-0.39, 0.29) is 11.2 Å². The van der Waals surface area contributed by atoms with Crippen LogP contribution in [0.4, 0.5) is 0 Å². The van der Waals surface area contributed by atoms with E-state index in [4.69, 9.17) is 5.73 Å². The number of carbonyl (C=O) groups excluding carboxylic acids is 1. The van der Waals surface area contributed by atoms with Crippen LogP contribution in [0.25, 0.3) is 0 Å². The van der Waals surface area contributed by atoms with Crippen molar-refractivity contribution in [1.82, 2.24) is 0 Å². The zero-order chi connectivity index (χ0) is 13.9. The van der Waals surface area contributed by atoms with Crippen molar-refractivity contribution in [2.45, 2.75) is 46.0 Å². The lowest BCUT2D eigenvalue weighted by Gasteiger charge is -2.37. The van der Waals surface area contributed by atoms with Gasteiger partial charge in [0.25, 0.3) is 0 Å².